The molecule has 2 rings (SSSR count). The smallest absolute Gasteiger partial charge is 0.305 e. The van der Waals surface area contributed by atoms with Gasteiger partial charge in [0.25, 0.3) is 0 Å². The number of amides is 1. The Kier molecular flexibility index (Phi) is 6.17. The molecule has 1 aromatic carbocycles. The van der Waals surface area contributed by atoms with Crippen LogP contribution in [0.25, 0.3) is 0 Å². The Morgan fingerprint density at radius 1 is 1.57 bits per heavy atom. The number of nitrogens with zero attached hydrogens (tertiary/aromatic N) is 2. The Labute approximate surface area is 145 Å². The first-order valence-electron chi connectivity index (χ1n) is 6.72. The van der Waals surface area contributed by atoms with Gasteiger partial charge in [-0.3, -0.25) is 9.59 Å². The second-order valence-corrected chi connectivity index (χ2v) is 6.51. The van der Waals surface area contributed by atoms with Crippen LogP contribution in [0.3, 0.4) is 0 Å². The highest BCUT2D eigenvalue weighted by Gasteiger charge is 2.32. The molecule has 122 valence electrons. The number of thioether (sulfide) groups is 1. The van der Waals surface area contributed by atoms with Crippen LogP contribution in [0.4, 0.5) is 0 Å². The molecule has 9 heteroatoms. The monoisotopic (exact) mass is 399 g/mol. The molecule has 1 saturated heterocycles. The van der Waals surface area contributed by atoms with Crippen molar-refractivity contribution in [3.8, 4) is 5.75 Å². The van der Waals surface area contributed by atoms with Crippen LogP contribution in [-0.4, -0.2) is 40.2 Å². The molecule has 1 fully saturated rings. The van der Waals surface area contributed by atoms with Gasteiger partial charge < -0.3 is 15.2 Å². The zero-order valence-corrected chi connectivity index (χ0v) is 14.6. The zero-order chi connectivity index (χ0) is 16.8. The number of halogens is 1. The summed E-state index contributed by atoms with van der Waals surface area (Å²) in [5.41, 5.74) is 0.807. The third-order valence-corrected chi connectivity index (χ3v) is 4.44. The molecule has 0 bridgehead atoms. The predicted molar refractivity (Wildman–Crippen MR) is 92.1 cm³/mol. The molecule has 0 saturated carbocycles. The maximum absolute atomic E-state index is 11.5. The number of ether oxygens (including phenoxy) is 1. The zero-order valence-electron chi connectivity index (χ0n) is 12.2. The molecule has 1 amide bonds. The highest BCUT2D eigenvalue weighted by Crippen LogP contribution is 2.25. The Morgan fingerprint density at radius 2 is 2.35 bits per heavy atom. The van der Waals surface area contributed by atoms with Crippen molar-refractivity contribution >= 4 is 51.0 Å². The molecular formula is C14H14BrN3O4S. The average molecular weight is 400 g/mol. The Balaban J connectivity index is 2.00. The molecule has 1 unspecified atom stereocenters. The summed E-state index contributed by atoms with van der Waals surface area (Å²) in [6, 6.07) is 5.48. The molecule has 1 atom stereocenters. The van der Waals surface area contributed by atoms with Gasteiger partial charge in [-0.25, -0.2) is 0 Å². The fraction of sp³-hybridized carbons (Fsp3) is 0.286. The van der Waals surface area contributed by atoms with Crippen LogP contribution in [0.5, 0.6) is 5.75 Å². The summed E-state index contributed by atoms with van der Waals surface area (Å²) in [6.45, 7) is 2.48. The first kappa shape index (κ1) is 17.5. The van der Waals surface area contributed by atoms with Crippen molar-refractivity contribution < 1.29 is 19.4 Å². The number of carboxylic acids is 1. The second kappa shape index (κ2) is 8.11. The molecule has 1 aliphatic rings. The largest absolute Gasteiger partial charge is 0.493 e. The van der Waals surface area contributed by atoms with Gasteiger partial charge in [0, 0.05) is 0 Å². The van der Waals surface area contributed by atoms with Crippen molar-refractivity contribution in [1.29, 1.82) is 0 Å². The van der Waals surface area contributed by atoms with E-state index in [0.717, 1.165) is 27.5 Å². The van der Waals surface area contributed by atoms with Crippen LogP contribution in [0, 0.1) is 0 Å². The van der Waals surface area contributed by atoms with E-state index in [2.05, 4.69) is 31.4 Å². The van der Waals surface area contributed by atoms with E-state index in [1.807, 2.05) is 25.1 Å². The summed E-state index contributed by atoms with van der Waals surface area (Å²) in [6.07, 6.45) is 1.29. The number of aliphatic carboxylic acids is 1. The van der Waals surface area contributed by atoms with Gasteiger partial charge in [-0.2, -0.15) is 5.10 Å². The number of carbonyl (C=O) groups is 2. The molecule has 0 spiro atoms. The SMILES string of the molecule is CCOc1ccc(/C=N/N=C2\NC(=O)C(CC(=O)O)S2)cc1Br. The second-order valence-electron chi connectivity index (χ2n) is 4.47. The number of nitrogens with one attached hydrogen (secondary N) is 1. The third-order valence-electron chi connectivity index (χ3n) is 2.75. The van der Waals surface area contributed by atoms with E-state index >= 15 is 0 Å². The van der Waals surface area contributed by atoms with E-state index in [4.69, 9.17) is 9.84 Å². The lowest BCUT2D eigenvalue weighted by Gasteiger charge is -2.05. The summed E-state index contributed by atoms with van der Waals surface area (Å²) < 4.78 is 6.22. The van der Waals surface area contributed by atoms with Crippen molar-refractivity contribution in [3.63, 3.8) is 0 Å². The first-order valence-corrected chi connectivity index (χ1v) is 8.39. The summed E-state index contributed by atoms with van der Waals surface area (Å²) in [7, 11) is 0. The molecular weight excluding hydrogens is 386 g/mol. The number of carbonyl (C=O) groups excluding carboxylic acids is 1. The van der Waals surface area contributed by atoms with Gasteiger partial charge >= 0.3 is 5.97 Å². The third kappa shape index (κ3) is 5.07. The minimum Gasteiger partial charge on any atom is -0.493 e. The van der Waals surface area contributed by atoms with Gasteiger partial charge in [0.05, 0.1) is 23.7 Å². The molecule has 0 aromatic heterocycles. The van der Waals surface area contributed by atoms with E-state index in [0.29, 0.717) is 11.8 Å². The number of hydrogen-bond acceptors (Lipinski definition) is 6. The Bertz CT molecular complexity index is 678. The predicted octanol–water partition coefficient (Wildman–Crippen LogP) is 2.24. The lowest BCUT2D eigenvalue weighted by atomic mass is 10.2. The quantitative estimate of drug-likeness (QED) is 0.564. The van der Waals surface area contributed by atoms with E-state index in [-0.39, 0.29) is 12.3 Å². The molecule has 23 heavy (non-hydrogen) atoms. The van der Waals surface area contributed by atoms with Crippen LogP contribution in [0.15, 0.2) is 32.9 Å². The summed E-state index contributed by atoms with van der Waals surface area (Å²) in [4.78, 5) is 22.2. The van der Waals surface area contributed by atoms with E-state index in [1.165, 1.54) is 6.21 Å². The maximum Gasteiger partial charge on any atom is 0.305 e. The van der Waals surface area contributed by atoms with Crippen LogP contribution < -0.4 is 10.1 Å². The summed E-state index contributed by atoms with van der Waals surface area (Å²) in [5, 5.41) is 18.6. The Hall–Kier alpha value is -1.87. The number of benzene rings is 1. The first-order chi connectivity index (χ1) is 11.0. The Morgan fingerprint density at radius 3 is 3.00 bits per heavy atom. The van der Waals surface area contributed by atoms with E-state index < -0.39 is 11.2 Å². The van der Waals surface area contributed by atoms with Crippen LogP contribution in [0.2, 0.25) is 0 Å². The lowest BCUT2D eigenvalue weighted by Crippen LogP contribution is -2.26. The maximum atomic E-state index is 11.5. The number of rotatable bonds is 6. The molecule has 7 nitrogen and oxygen atoms in total. The highest BCUT2D eigenvalue weighted by atomic mass is 79.9. The summed E-state index contributed by atoms with van der Waals surface area (Å²) >= 11 is 4.47. The van der Waals surface area contributed by atoms with Gasteiger partial charge in [-0.05, 0) is 46.6 Å². The molecule has 1 aliphatic heterocycles. The van der Waals surface area contributed by atoms with Crippen molar-refractivity contribution in [3.05, 3.63) is 28.2 Å². The minimum absolute atomic E-state index is 0.245. The van der Waals surface area contributed by atoms with Gasteiger partial charge in [0.15, 0.2) is 5.17 Å². The van der Waals surface area contributed by atoms with Crippen LogP contribution >= 0.6 is 27.7 Å². The average Bonchev–Trinajstić information content (AvgIpc) is 2.81. The standard InChI is InChI=1S/C14H14BrN3O4S/c1-2-22-10-4-3-8(5-9(10)15)7-16-18-14-17-13(21)11(23-14)6-12(19)20/h3-5,7,11H,2,6H2,1H3,(H,19,20)(H,17,18,21)/b16-7+. The van der Waals surface area contributed by atoms with Crippen molar-refractivity contribution in [2.45, 2.75) is 18.6 Å². The number of amidine groups is 1. The normalized spacial score (nSPS) is 19.3. The van der Waals surface area contributed by atoms with Gasteiger partial charge in [0.2, 0.25) is 5.91 Å². The fourth-order valence-corrected chi connectivity index (χ4v) is 3.19. The molecule has 1 heterocycles. The van der Waals surface area contributed by atoms with Crippen LogP contribution in [-0.2, 0) is 9.59 Å². The summed E-state index contributed by atoms with van der Waals surface area (Å²) in [5.74, 6) is -0.650. The van der Waals surface area contributed by atoms with E-state index in [1.54, 1.807) is 0 Å². The lowest BCUT2D eigenvalue weighted by molar-refractivity contribution is -0.138. The molecule has 2 N–H and O–H groups in total. The van der Waals surface area contributed by atoms with Gasteiger partial charge in [0.1, 0.15) is 11.0 Å². The fourth-order valence-electron chi connectivity index (χ4n) is 1.76. The number of carboxylic acid groups (broad SMARTS) is 1. The molecule has 0 radical (unpaired) electrons. The van der Waals surface area contributed by atoms with Crippen molar-refractivity contribution in [1.82, 2.24) is 5.32 Å². The molecule has 0 aliphatic carbocycles. The highest BCUT2D eigenvalue weighted by molar-refractivity contribution is 9.10. The van der Waals surface area contributed by atoms with Crippen molar-refractivity contribution in [2.75, 3.05) is 6.61 Å². The molecule has 1 aromatic rings. The minimum atomic E-state index is -1.03. The van der Waals surface area contributed by atoms with Crippen molar-refractivity contribution in [2.24, 2.45) is 10.2 Å². The van der Waals surface area contributed by atoms with Gasteiger partial charge in [-0.15, -0.1) is 5.10 Å². The van der Waals surface area contributed by atoms with E-state index in [9.17, 15) is 9.59 Å². The van der Waals surface area contributed by atoms with Gasteiger partial charge in [-0.1, -0.05) is 11.8 Å². The topological polar surface area (TPSA) is 100 Å². The van der Waals surface area contributed by atoms with Crippen LogP contribution in [0.1, 0.15) is 18.9 Å². The number of hydrogen-bond donors (Lipinski definition) is 2.